The number of aliphatic hydroxyl groups excluding tert-OH is 1. The molecule has 0 bridgehead atoms. The van der Waals surface area contributed by atoms with Crippen molar-refractivity contribution in [3.8, 4) is 0 Å². The predicted octanol–water partition coefficient (Wildman–Crippen LogP) is 2.11. The Morgan fingerprint density at radius 1 is 1.12 bits per heavy atom. The number of carbonyl (C=O) groups is 1. The lowest BCUT2D eigenvalue weighted by Crippen LogP contribution is -2.33. The van der Waals surface area contributed by atoms with Crippen molar-refractivity contribution < 1.29 is 14.3 Å². The number of likely N-dealkylation sites (tertiary alicyclic amines) is 1. The Labute approximate surface area is 142 Å². The van der Waals surface area contributed by atoms with Gasteiger partial charge >= 0.3 is 0 Å². The molecule has 0 unspecified atom stereocenters. The zero-order valence-electron chi connectivity index (χ0n) is 13.2. The number of hydrogen-bond acceptors (Lipinski definition) is 5. The van der Waals surface area contributed by atoms with Crippen LogP contribution in [0.4, 0.5) is 4.39 Å². The summed E-state index contributed by atoms with van der Waals surface area (Å²) in [7, 11) is 0. The quantitative estimate of drug-likeness (QED) is 0.774. The molecule has 4 rings (SSSR count). The minimum atomic E-state index is -0.675. The van der Waals surface area contributed by atoms with E-state index in [-0.39, 0.29) is 18.2 Å². The first-order chi connectivity index (χ1) is 12.1. The lowest BCUT2D eigenvalue weighted by atomic mass is 10.0. The molecule has 0 radical (unpaired) electrons. The van der Waals surface area contributed by atoms with Crippen LogP contribution in [0.15, 0.2) is 48.5 Å². The number of nitrogens with zero attached hydrogens (tertiary/aromatic N) is 4. The lowest BCUT2D eigenvalue weighted by Gasteiger charge is -2.23. The molecule has 1 saturated heterocycles. The van der Waals surface area contributed by atoms with Crippen molar-refractivity contribution in [2.24, 2.45) is 0 Å². The Bertz CT molecular complexity index is 949. The maximum atomic E-state index is 13.5. The zero-order chi connectivity index (χ0) is 17.4. The van der Waals surface area contributed by atoms with Gasteiger partial charge in [-0.3, -0.25) is 4.79 Å². The van der Waals surface area contributed by atoms with Crippen LogP contribution in [0.5, 0.6) is 0 Å². The van der Waals surface area contributed by atoms with Crippen LogP contribution in [0, 0.1) is 5.82 Å². The molecular formula is C18H15FN4O2. The Morgan fingerprint density at radius 2 is 1.92 bits per heavy atom. The number of aliphatic hydroxyl groups is 1. The van der Waals surface area contributed by atoms with Crippen molar-refractivity contribution in [2.75, 3.05) is 6.54 Å². The third-order valence-corrected chi connectivity index (χ3v) is 4.33. The van der Waals surface area contributed by atoms with E-state index in [2.05, 4.69) is 15.2 Å². The highest BCUT2D eigenvalue weighted by molar-refractivity contribution is 5.92. The molecule has 0 saturated carbocycles. The molecule has 1 aliphatic rings. The van der Waals surface area contributed by atoms with Crippen LogP contribution in [0.2, 0.25) is 0 Å². The maximum Gasteiger partial charge on any atom is 0.294 e. The van der Waals surface area contributed by atoms with Gasteiger partial charge in [-0.15, -0.1) is 10.2 Å². The van der Waals surface area contributed by atoms with E-state index >= 15 is 0 Å². The van der Waals surface area contributed by atoms with Crippen LogP contribution in [-0.2, 0) is 0 Å². The van der Waals surface area contributed by atoms with Crippen molar-refractivity contribution in [3.63, 3.8) is 0 Å². The Morgan fingerprint density at radius 3 is 2.72 bits per heavy atom. The van der Waals surface area contributed by atoms with Crippen molar-refractivity contribution in [1.82, 2.24) is 20.1 Å². The highest BCUT2D eigenvalue weighted by atomic mass is 19.1. The average Bonchev–Trinajstić information content (AvgIpc) is 3.02. The fourth-order valence-corrected chi connectivity index (χ4v) is 3.17. The minimum Gasteiger partial charge on any atom is -0.391 e. The lowest BCUT2D eigenvalue weighted by molar-refractivity contribution is 0.0702. The van der Waals surface area contributed by atoms with Crippen molar-refractivity contribution >= 4 is 16.9 Å². The monoisotopic (exact) mass is 338 g/mol. The molecule has 1 aliphatic heterocycles. The summed E-state index contributed by atoms with van der Waals surface area (Å²) < 4.78 is 13.5. The number of benzene rings is 2. The fourth-order valence-electron chi connectivity index (χ4n) is 3.17. The normalized spacial score (nSPS) is 20.2. The van der Waals surface area contributed by atoms with E-state index < -0.39 is 18.1 Å². The van der Waals surface area contributed by atoms with Gasteiger partial charge in [0.2, 0.25) is 5.82 Å². The number of hydrogen-bond donors (Lipinski definition) is 1. The number of amides is 1. The number of aromatic nitrogens is 3. The number of carbonyl (C=O) groups excluding carboxylic acids is 1. The SMILES string of the molecule is O=C(c1nnc2ccccc2n1)N1C[C@H](O)C[C@H]1c1cccc(F)c1. The van der Waals surface area contributed by atoms with E-state index in [1.165, 1.54) is 17.0 Å². The molecular weight excluding hydrogens is 323 g/mol. The molecule has 25 heavy (non-hydrogen) atoms. The van der Waals surface area contributed by atoms with Crippen molar-refractivity contribution in [2.45, 2.75) is 18.6 Å². The molecule has 3 aromatic rings. The smallest absolute Gasteiger partial charge is 0.294 e. The molecule has 1 aromatic heterocycles. The third-order valence-electron chi connectivity index (χ3n) is 4.33. The summed E-state index contributed by atoms with van der Waals surface area (Å²) in [4.78, 5) is 18.6. The summed E-state index contributed by atoms with van der Waals surface area (Å²) in [5.41, 5.74) is 1.81. The summed E-state index contributed by atoms with van der Waals surface area (Å²) in [5.74, 6) is -0.840. The number of halogens is 1. The van der Waals surface area contributed by atoms with Crippen LogP contribution >= 0.6 is 0 Å². The second kappa shape index (κ2) is 6.18. The molecule has 0 aliphatic carbocycles. The maximum absolute atomic E-state index is 13.5. The number of fused-ring (bicyclic) bond motifs is 1. The molecule has 1 amide bonds. The highest BCUT2D eigenvalue weighted by Crippen LogP contribution is 2.33. The van der Waals surface area contributed by atoms with Gasteiger partial charge in [-0.05, 0) is 36.2 Å². The van der Waals surface area contributed by atoms with Gasteiger partial charge in [0.15, 0.2) is 0 Å². The van der Waals surface area contributed by atoms with E-state index in [0.29, 0.717) is 23.0 Å². The van der Waals surface area contributed by atoms with Crippen LogP contribution in [0.3, 0.4) is 0 Å². The second-order valence-corrected chi connectivity index (χ2v) is 6.04. The molecule has 1 fully saturated rings. The van der Waals surface area contributed by atoms with Gasteiger partial charge in [-0.1, -0.05) is 24.3 Å². The predicted molar refractivity (Wildman–Crippen MR) is 88.1 cm³/mol. The number of para-hydroxylation sites is 1. The van der Waals surface area contributed by atoms with Gasteiger partial charge in [0.05, 0.1) is 17.7 Å². The van der Waals surface area contributed by atoms with E-state index in [9.17, 15) is 14.3 Å². The molecule has 126 valence electrons. The van der Waals surface area contributed by atoms with Crippen LogP contribution in [0.25, 0.3) is 11.0 Å². The Hall–Kier alpha value is -2.93. The minimum absolute atomic E-state index is 0.0331. The van der Waals surface area contributed by atoms with E-state index in [1.807, 2.05) is 6.07 Å². The van der Waals surface area contributed by atoms with Gasteiger partial charge in [-0.2, -0.15) is 0 Å². The summed E-state index contributed by atoms with van der Waals surface area (Å²) in [5, 5.41) is 18.0. The molecule has 0 spiro atoms. The Balaban J connectivity index is 1.69. The number of β-amino-alcohol motifs (C(OH)–C–C–N with tert-alkyl or cyclic N) is 1. The first-order valence-electron chi connectivity index (χ1n) is 7.96. The molecule has 6 nitrogen and oxygen atoms in total. The third kappa shape index (κ3) is 2.94. The van der Waals surface area contributed by atoms with Gasteiger partial charge in [0.1, 0.15) is 11.3 Å². The van der Waals surface area contributed by atoms with Crippen molar-refractivity contribution in [3.05, 3.63) is 65.7 Å². The average molecular weight is 338 g/mol. The standard InChI is InChI=1S/C18H15FN4O2/c19-12-5-3-4-11(8-12)16-9-13(24)10-23(16)18(25)17-20-14-6-1-2-7-15(14)21-22-17/h1-8,13,16,24H,9-10H2/t13-,16+/m1/s1. The summed E-state index contributed by atoms with van der Waals surface area (Å²) in [6.07, 6.45) is -0.332. The summed E-state index contributed by atoms with van der Waals surface area (Å²) in [6.45, 7) is 0.149. The van der Waals surface area contributed by atoms with Gasteiger partial charge < -0.3 is 10.0 Å². The van der Waals surface area contributed by atoms with Gasteiger partial charge in [0, 0.05) is 6.54 Å². The zero-order valence-corrected chi connectivity index (χ0v) is 13.2. The summed E-state index contributed by atoms with van der Waals surface area (Å²) >= 11 is 0. The van der Waals surface area contributed by atoms with E-state index in [0.717, 1.165) is 0 Å². The molecule has 2 heterocycles. The van der Waals surface area contributed by atoms with Gasteiger partial charge in [0.25, 0.3) is 5.91 Å². The van der Waals surface area contributed by atoms with E-state index in [1.54, 1.807) is 30.3 Å². The molecule has 2 atom stereocenters. The first kappa shape index (κ1) is 15.6. The second-order valence-electron chi connectivity index (χ2n) is 6.04. The van der Waals surface area contributed by atoms with Crippen LogP contribution in [0.1, 0.15) is 28.6 Å². The molecule has 2 aromatic carbocycles. The first-order valence-corrected chi connectivity index (χ1v) is 7.96. The fraction of sp³-hybridized carbons (Fsp3) is 0.222. The summed E-state index contributed by atoms with van der Waals surface area (Å²) in [6, 6.07) is 12.8. The Kier molecular flexibility index (Phi) is 3.85. The van der Waals surface area contributed by atoms with Crippen molar-refractivity contribution in [1.29, 1.82) is 0 Å². The van der Waals surface area contributed by atoms with Gasteiger partial charge in [-0.25, -0.2) is 9.37 Å². The molecule has 7 heteroatoms. The largest absolute Gasteiger partial charge is 0.391 e. The topological polar surface area (TPSA) is 79.2 Å². The van der Waals surface area contributed by atoms with Crippen LogP contribution in [-0.4, -0.2) is 43.7 Å². The number of rotatable bonds is 2. The molecule has 1 N–H and O–H groups in total. The van der Waals surface area contributed by atoms with E-state index in [4.69, 9.17) is 0 Å². The van der Waals surface area contributed by atoms with Crippen LogP contribution < -0.4 is 0 Å². The highest BCUT2D eigenvalue weighted by Gasteiger charge is 2.37.